The van der Waals surface area contributed by atoms with Gasteiger partial charge in [-0.05, 0) is 18.6 Å². The average molecular weight is 265 g/mol. The van der Waals surface area contributed by atoms with Crippen molar-refractivity contribution in [3.05, 3.63) is 53.7 Å². The fourth-order valence-corrected chi connectivity index (χ4v) is 2.83. The highest BCUT2D eigenvalue weighted by atomic mass is 15.3. The van der Waals surface area contributed by atoms with E-state index in [1.807, 2.05) is 23.7 Å². The van der Waals surface area contributed by atoms with Gasteiger partial charge >= 0.3 is 0 Å². The summed E-state index contributed by atoms with van der Waals surface area (Å²) in [6.07, 6.45) is 2.68. The van der Waals surface area contributed by atoms with Gasteiger partial charge in [-0.2, -0.15) is 0 Å². The van der Waals surface area contributed by atoms with Crippen LogP contribution in [0.1, 0.15) is 23.0 Å². The van der Waals surface area contributed by atoms with Crippen LogP contribution < -0.4 is 5.32 Å². The monoisotopic (exact) mass is 265 g/mol. The molecule has 1 N–H and O–H groups in total. The molecular weight excluding hydrogens is 250 g/mol. The van der Waals surface area contributed by atoms with Crippen molar-refractivity contribution in [1.82, 2.24) is 19.6 Å². The Bertz CT molecular complexity index is 777. The molecule has 1 unspecified atom stereocenters. The molecule has 0 radical (unpaired) electrons. The van der Waals surface area contributed by atoms with Crippen molar-refractivity contribution in [3.8, 4) is 0 Å². The van der Waals surface area contributed by atoms with E-state index < -0.39 is 0 Å². The highest BCUT2D eigenvalue weighted by Crippen LogP contribution is 2.32. The van der Waals surface area contributed by atoms with Crippen LogP contribution >= 0.6 is 0 Å². The van der Waals surface area contributed by atoms with E-state index in [9.17, 15) is 0 Å². The van der Waals surface area contributed by atoms with Crippen molar-refractivity contribution in [3.63, 3.8) is 0 Å². The SMILES string of the molecule is Cc1cc2nnc(CC3CNc4ccccc43)n2cn1. The Morgan fingerprint density at radius 3 is 3.15 bits per heavy atom. The third-order valence-corrected chi connectivity index (χ3v) is 3.88. The molecule has 1 aliphatic rings. The van der Waals surface area contributed by atoms with Gasteiger partial charge in [0.15, 0.2) is 5.65 Å². The quantitative estimate of drug-likeness (QED) is 0.771. The first-order valence-electron chi connectivity index (χ1n) is 6.80. The Morgan fingerprint density at radius 1 is 1.30 bits per heavy atom. The van der Waals surface area contributed by atoms with Crippen LogP contribution in [0.15, 0.2) is 36.7 Å². The fourth-order valence-electron chi connectivity index (χ4n) is 2.83. The number of para-hydroxylation sites is 1. The lowest BCUT2D eigenvalue weighted by atomic mass is 9.98. The molecule has 5 heteroatoms. The Hall–Kier alpha value is -2.43. The molecule has 0 bridgehead atoms. The number of aromatic nitrogens is 4. The van der Waals surface area contributed by atoms with Crippen LogP contribution in [0.2, 0.25) is 0 Å². The van der Waals surface area contributed by atoms with E-state index in [2.05, 4.69) is 44.8 Å². The summed E-state index contributed by atoms with van der Waals surface area (Å²) in [4.78, 5) is 4.33. The second-order valence-electron chi connectivity index (χ2n) is 5.24. The molecule has 0 saturated heterocycles. The van der Waals surface area contributed by atoms with Crippen LogP contribution in [-0.2, 0) is 6.42 Å². The molecule has 1 atom stereocenters. The Kier molecular flexibility index (Phi) is 2.45. The minimum Gasteiger partial charge on any atom is -0.384 e. The Labute approximate surface area is 116 Å². The van der Waals surface area contributed by atoms with E-state index in [-0.39, 0.29) is 0 Å². The second-order valence-corrected chi connectivity index (χ2v) is 5.24. The molecule has 0 spiro atoms. The third-order valence-electron chi connectivity index (χ3n) is 3.88. The fraction of sp³-hybridized carbons (Fsp3) is 0.267. The van der Waals surface area contributed by atoms with Crippen molar-refractivity contribution in [2.24, 2.45) is 0 Å². The molecule has 20 heavy (non-hydrogen) atoms. The summed E-state index contributed by atoms with van der Waals surface area (Å²) in [5, 5.41) is 12.0. The number of hydrogen-bond donors (Lipinski definition) is 1. The van der Waals surface area contributed by atoms with Crippen molar-refractivity contribution in [1.29, 1.82) is 0 Å². The van der Waals surface area contributed by atoms with Crippen molar-refractivity contribution >= 4 is 11.3 Å². The highest BCUT2D eigenvalue weighted by Gasteiger charge is 2.23. The van der Waals surface area contributed by atoms with Crippen LogP contribution in [0.5, 0.6) is 0 Å². The minimum atomic E-state index is 0.444. The number of aryl methyl sites for hydroxylation is 1. The van der Waals surface area contributed by atoms with Gasteiger partial charge in [0.1, 0.15) is 12.2 Å². The van der Waals surface area contributed by atoms with Gasteiger partial charge in [0.05, 0.1) is 0 Å². The normalized spacial score (nSPS) is 17.1. The van der Waals surface area contributed by atoms with Crippen LogP contribution in [0.3, 0.4) is 0 Å². The van der Waals surface area contributed by atoms with Crippen LogP contribution in [0.4, 0.5) is 5.69 Å². The summed E-state index contributed by atoms with van der Waals surface area (Å²) < 4.78 is 1.98. The van der Waals surface area contributed by atoms with Gasteiger partial charge in [0, 0.05) is 36.3 Å². The first kappa shape index (κ1) is 11.4. The van der Waals surface area contributed by atoms with Gasteiger partial charge in [-0.15, -0.1) is 10.2 Å². The zero-order valence-corrected chi connectivity index (χ0v) is 11.2. The summed E-state index contributed by atoms with van der Waals surface area (Å²) in [5.41, 5.74) is 4.43. The number of nitrogens with zero attached hydrogens (tertiary/aromatic N) is 4. The smallest absolute Gasteiger partial charge is 0.163 e. The molecule has 3 heterocycles. The number of fused-ring (bicyclic) bond motifs is 2. The molecule has 100 valence electrons. The second kappa shape index (κ2) is 4.30. The number of anilines is 1. The summed E-state index contributed by atoms with van der Waals surface area (Å²) in [5.74, 6) is 1.41. The van der Waals surface area contributed by atoms with Gasteiger partial charge in [-0.3, -0.25) is 4.40 Å². The zero-order chi connectivity index (χ0) is 13.5. The number of benzene rings is 1. The topological polar surface area (TPSA) is 55.1 Å². The summed E-state index contributed by atoms with van der Waals surface area (Å²) in [6, 6.07) is 10.4. The minimum absolute atomic E-state index is 0.444. The van der Waals surface area contributed by atoms with E-state index in [4.69, 9.17) is 0 Å². The van der Waals surface area contributed by atoms with E-state index in [0.717, 1.165) is 30.1 Å². The van der Waals surface area contributed by atoms with Gasteiger partial charge in [0.2, 0.25) is 0 Å². The maximum absolute atomic E-state index is 4.33. The van der Waals surface area contributed by atoms with Crippen LogP contribution in [0.25, 0.3) is 5.65 Å². The summed E-state index contributed by atoms with van der Waals surface area (Å²) in [7, 11) is 0. The first-order chi connectivity index (χ1) is 9.81. The van der Waals surface area contributed by atoms with Crippen molar-refractivity contribution in [2.75, 3.05) is 11.9 Å². The van der Waals surface area contributed by atoms with Crippen LogP contribution in [0, 0.1) is 6.92 Å². The molecular formula is C15H15N5. The molecule has 3 aromatic rings. The average Bonchev–Trinajstić information content (AvgIpc) is 3.04. The molecule has 0 aliphatic carbocycles. The van der Waals surface area contributed by atoms with Gasteiger partial charge in [-0.25, -0.2) is 4.98 Å². The molecule has 1 aliphatic heterocycles. The first-order valence-corrected chi connectivity index (χ1v) is 6.80. The van der Waals surface area contributed by atoms with E-state index in [1.165, 1.54) is 11.3 Å². The Balaban J connectivity index is 1.69. The van der Waals surface area contributed by atoms with Gasteiger partial charge in [-0.1, -0.05) is 18.2 Å². The number of hydrogen-bond acceptors (Lipinski definition) is 4. The molecule has 0 fully saturated rings. The Morgan fingerprint density at radius 2 is 2.20 bits per heavy atom. The molecule has 4 rings (SSSR count). The maximum atomic E-state index is 4.33. The molecule has 1 aromatic carbocycles. The lowest BCUT2D eigenvalue weighted by molar-refractivity contribution is 0.702. The highest BCUT2D eigenvalue weighted by molar-refractivity contribution is 5.57. The van der Waals surface area contributed by atoms with E-state index in [1.54, 1.807) is 0 Å². The summed E-state index contributed by atoms with van der Waals surface area (Å²) in [6.45, 7) is 2.92. The molecule has 0 amide bonds. The lowest BCUT2D eigenvalue weighted by Crippen LogP contribution is -2.08. The van der Waals surface area contributed by atoms with Gasteiger partial charge in [0.25, 0.3) is 0 Å². The van der Waals surface area contributed by atoms with Crippen LogP contribution in [-0.4, -0.2) is 26.1 Å². The van der Waals surface area contributed by atoms with E-state index >= 15 is 0 Å². The molecule has 5 nitrogen and oxygen atoms in total. The molecule has 2 aromatic heterocycles. The number of nitrogens with one attached hydrogen (secondary N) is 1. The maximum Gasteiger partial charge on any atom is 0.163 e. The lowest BCUT2D eigenvalue weighted by Gasteiger charge is -2.08. The van der Waals surface area contributed by atoms with Crippen molar-refractivity contribution < 1.29 is 0 Å². The largest absolute Gasteiger partial charge is 0.384 e. The predicted octanol–water partition coefficient (Wildman–Crippen LogP) is 2.18. The van der Waals surface area contributed by atoms with Crippen molar-refractivity contribution in [2.45, 2.75) is 19.3 Å². The molecule has 0 saturated carbocycles. The predicted molar refractivity (Wildman–Crippen MR) is 76.9 cm³/mol. The zero-order valence-electron chi connectivity index (χ0n) is 11.2. The van der Waals surface area contributed by atoms with Gasteiger partial charge < -0.3 is 5.32 Å². The third kappa shape index (κ3) is 1.74. The van der Waals surface area contributed by atoms with E-state index in [0.29, 0.717) is 5.92 Å². The summed E-state index contributed by atoms with van der Waals surface area (Å²) >= 11 is 0. The number of rotatable bonds is 2. The standard InChI is InChI=1S/C15H15N5/c1-10-6-14-18-19-15(20(14)9-17-10)7-11-8-16-13-5-3-2-4-12(11)13/h2-6,9,11,16H,7-8H2,1H3.